The zero-order valence-corrected chi connectivity index (χ0v) is 18.7. The Balaban J connectivity index is 1.67. The van der Waals surface area contributed by atoms with Crippen LogP contribution in [0, 0.1) is 5.92 Å². The molecule has 0 unspecified atom stereocenters. The minimum absolute atomic E-state index is 0.0234. The first kappa shape index (κ1) is 20.0. The molecule has 0 saturated heterocycles. The van der Waals surface area contributed by atoms with E-state index in [1.807, 2.05) is 17.0 Å². The van der Waals surface area contributed by atoms with Crippen LogP contribution in [-0.4, -0.2) is 26.7 Å². The Morgan fingerprint density at radius 3 is 2.47 bits per heavy atom. The van der Waals surface area contributed by atoms with Gasteiger partial charge in [0.2, 0.25) is 5.95 Å². The average molecular weight is 427 g/mol. The molecule has 2 fully saturated rings. The van der Waals surface area contributed by atoms with Gasteiger partial charge in [0, 0.05) is 28.5 Å². The van der Waals surface area contributed by atoms with Gasteiger partial charge < -0.3 is 0 Å². The van der Waals surface area contributed by atoms with Crippen molar-refractivity contribution in [3.05, 3.63) is 40.7 Å². The Morgan fingerprint density at radius 1 is 1.07 bits per heavy atom. The fourth-order valence-electron chi connectivity index (χ4n) is 6.09. The molecule has 2 atom stereocenters. The summed E-state index contributed by atoms with van der Waals surface area (Å²) in [5.74, 6) is 2.33. The summed E-state index contributed by atoms with van der Waals surface area (Å²) >= 11 is 6.08. The molecule has 2 aliphatic carbocycles. The number of aromatic nitrogens is 3. The van der Waals surface area contributed by atoms with Crippen molar-refractivity contribution in [3.8, 4) is 0 Å². The van der Waals surface area contributed by atoms with Crippen molar-refractivity contribution in [1.29, 1.82) is 0 Å². The van der Waals surface area contributed by atoms with Gasteiger partial charge in [0.05, 0.1) is 5.54 Å². The molecule has 1 aromatic carbocycles. The molecule has 1 aliphatic heterocycles. The van der Waals surface area contributed by atoms with Gasteiger partial charge in [0.1, 0.15) is 0 Å². The number of nitrogens with zero attached hydrogens (tertiary/aromatic N) is 4. The summed E-state index contributed by atoms with van der Waals surface area (Å²) in [6.07, 6.45) is 10.7. The smallest absolute Gasteiger partial charge is 0.260 e. The molecule has 2 aromatic rings. The van der Waals surface area contributed by atoms with Gasteiger partial charge in [-0.05, 0) is 49.9 Å². The molecule has 0 radical (unpaired) electrons. The predicted molar refractivity (Wildman–Crippen MR) is 119 cm³/mol. The third-order valence-corrected chi connectivity index (χ3v) is 7.79. The lowest BCUT2D eigenvalue weighted by atomic mass is 9.64. The fraction of sp³-hybridized carbons (Fsp3) is 0.625. The number of rotatable bonds is 2. The van der Waals surface area contributed by atoms with Gasteiger partial charge in [-0.2, -0.15) is 10.1 Å². The normalized spacial score (nSPS) is 25.3. The Labute approximate surface area is 183 Å². The number of carbonyl (C=O) groups excluding carboxylic acids is 1. The Morgan fingerprint density at radius 2 is 1.77 bits per heavy atom. The van der Waals surface area contributed by atoms with Gasteiger partial charge in [-0.1, -0.05) is 57.6 Å². The Bertz CT molecular complexity index is 929. The quantitative estimate of drug-likeness (QED) is 0.597. The van der Waals surface area contributed by atoms with Crippen molar-refractivity contribution in [3.63, 3.8) is 0 Å². The molecule has 160 valence electrons. The van der Waals surface area contributed by atoms with Crippen molar-refractivity contribution in [2.75, 3.05) is 4.90 Å². The molecule has 2 heterocycles. The van der Waals surface area contributed by atoms with Crippen LogP contribution in [0.15, 0.2) is 24.3 Å². The molecule has 30 heavy (non-hydrogen) atoms. The number of benzene rings is 1. The summed E-state index contributed by atoms with van der Waals surface area (Å²) in [4.78, 5) is 20.7. The number of anilines is 1. The number of hydrogen-bond acceptors (Lipinski definition) is 3. The fourth-order valence-corrected chi connectivity index (χ4v) is 6.22. The number of carbonyl (C=O) groups is 1. The van der Waals surface area contributed by atoms with E-state index in [4.69, 9.17) is 21.7 Å². The second-order valence-corrected chi connectivity index (χ2v) is 10.1. The molecule has 1 aromatic heterocycles. The molecule has 2 saturated carbocycles. The van der Waals surface area contributed by atoms with Crippen molar-refractivity contribution >= 4 is 23.5 Å². The van der Waals surface area contributed by atoms with E-state index >= 15 is 0 Å². The highest BCUT2D eigenvalue weighted by molar-refractivity contribution is 6.30. The minimum Gasteiger partial charge on any atom is -0.273 e. The van der Waals surface area contributed by atoms with Gasteiger partial charge in [0.15, 0.2) is 5.82 Å². The largest absolute Gasteiger partial charge is 0.273 e. The number of hydrogen-bond donors (Lipinski definition) is 0. The molecule has 5 nitrogen and oxygen atoms in total. The van der Waals surface area contributed by atoms with Crippen LogP contribution in [0.25, 0.3) is 0 Å². The molecular weight excluding hydrogens is 396 g/mol. The summed E-state index contributed by atoms with van der Waals surface area (Å²) in [7, 11) is 0. The van der Waals surface area contributed by atoms with Crippen LogP contribution < -0.4 is 4.90 Å². The van der Waals surface area contributed by atoms with Gasteiger partial charge in [-0.25, -0.2) is 4.68 Å². The van der Waals surface area contributed by atoms with Crippen molar-refractivity contribution in [1.82, 2.24) is 14.8 Å². The van der Waals surface area contributed by atoms with Crippen LogP contribution in [0.4, 0.5) is 5.95 Å². The van der Waals surface area contributed by atoms with Crippen molar-refractivity contribution in [2.24, 2.45) is 5.92 Å². The summed E-state index contributed by atoms with van der Waals surface area (Å²) < 4.78 is 2.20. The lowest BCUT2D eigenvalue weighted by Gasteiger charge is -2.55. The first-order valence-corrected chi connectivity index (χ1v) is 12.0. The molecule has 6 heteroatoms. The Kier molecular flexibility index (Phi) is 5.12. The lowest BCUT2D eigenvalue weighted by Crippen LogP contribution is -2.61. The van der Waals surface area contributed by atoms with Gasteiger partial charge in [-0.3, -0.25) is 9.69 Å². The van der Waals surface area contributed by atoms with Crippen LogP contribution in [0.2, 0.25) is 5.02 Å². The lowest BCUT2D eigenvalue weighted by molar-refractivity contribution is 0.0310. The number of amides is 1. The van der Waals surface area contributed by atoms with E-state index in [1.165, 1.54) is 38.5 Å². The predicted octanol–water partition coefficient (Wildman–Crippen LogP) is 5.93. The van der Waals surface area contributed by atoms with Crippen LogP contribution in [-0.2, 0) is 5.54 Å². The van der Waals surface area contributed by atoms with Crippen molar-refractivity contribution < 1.29 is 4.79 Å². The summed E-state index contributed by atoms with van der Waals surface area (Å²) in [5.41, 5.74) is 0.694. The zero-order valence-electron chi connectivity index (χ0n) is 18.0. The van der Waals surface area contributed by atoms with Gasteiger partial charge in [-0.15, -0.1) is 0 Å². The van der Waals surface area contributed by atoms with E-state index < -0.39 is 0 Å². The van der Waals surface area contributed by atoms with E-state index in [1.54, 1.807) is 12.1 Å². The van der Waals surface area contributed by atoms with E-state index in [0.29, 0.717) is 16.5 Å². The maximum Gasteiger partial charge on any atom is 0.260 e. The topological polar surface area (TPSA) is 51.0 Å². The molecule has 3 aliphatic rings. The highest BCUT2D eigenvalue weighted by Crippen LogP contribution is 2.53. The molecule has 0 bridgehead atoms. The maximum absolute atomic E-state index is 13.8. The monoisotopic (exact) mass is 426 g/mol. The first-order valence-electron chi connectivity index (χ1n) is 11.6. The van der Waals surface area contributed by atoms with Crippen LogP contribution in [0.1, 0.15) is 93.7 Å². The van der Waals surface area contributed by atoms with Crippen LogP contribution >= 0.6 is 11.6 Å². The van der Waals surface area contributed by atoms with Gasteiger partial charge in [0.25, 0.3) is 5.91 Å². The van der Waals surface area contributed by atoms with E-state index in [0.717, 1.165) is 31.0 Å². The van der Waals surface area contributed by atoms with Crippen molar-refractivity contribution in [2.45, 2.75) is 89.1 Å². The first-order chi connectivity index (χ1) is 14.5. The summed E-state index contributed by atoms with van der Waals surface area (Å²) in [6.45, 7) is 4.26. The summed E-state index contributed by atoms with van der Waals surface area (Å²) in [6, 6.07) is 7.46. The van der Waals surface area contributed by atoms with Gasteiger partial charge >= 0.3 is 0 Å². The molecular formula is C24H31ClN4O. The molecule has 5 rings (SSSR count). The van der Waals surface area contributed by atoms with E-state index in [-0.39, 0.29) is 23.4 Å². The Hall–Kier alpha value is -1.88. The maximum atomic E-state index is 13.8. The summed E-state index contributed by atoms with van der Waals surface area (Å²) in [5, 5.41) is 5.69. The molecule has 0 N–H and O–H groups in total. The van der Waals surface area contributed by atoms with Crippen LogP contribution in [0.3, 0.4) is 0 Å². The highest BCUT2D eigenvalue weighted by atomic mass is 35.5. The zero-order chi connectivity index (χ0) is 20.9. The van der Waals surface area contributed by atoms with Crippen LogP contribution in [0.5, 0.6) is 0 Å². The number of fused-ring (bicyclic) bond motifs is 4. The van der Waals surface area contributed by atoms with E-state index in [2.05, 4.69) is 18.5 Å². The average Bonchev–Trinajstić information content (AvgIpc) is 3.21. The highest BCUT2D eigenvalue weighted by Gasteiger charge is 2.55. The second-order valence-electron chi connectivity index (χ2n) is 9.64. The molecule has 1 spiro atoms. The number of halogens is 1. The third-order valence-electron chi connectivity index (χ3n) is 7.54. The third kappa shape index (κ3) is 3.08. The standard InChI is InChI=1S/C24H31ClN4O/c1-16(2)21-26-23-28(22(30)17-10-12-18(25)13-11-17)20-9-5-4-8-19(20)24(29(23)27-21)14-6-3-7-15-24/h10-13,16,19-20H,3-9,14-15H2,1-2H3/t19-,20+/m1/s1. The molecule has 1 amide bonds. The second kappa shape index (κ2) is 7.67. The van der Waals surface area contributed by atoms with E-state index in [9.17, 15) is 4.79 Å². The minimum atomic E-state index is 0.0234. The SMILES string of the molecule is CC(C)c1nc2n(n1)C1(CCCCC1)[C@@H]1CCCC[C@@H]1N2C(=O)c1ccc(Cl)cc1.